The number of carbonyl (C=O) groups is 1. The van der Waals surface area contributed by atoms with E-state index in [4.69, 9.17) is 0 Å². The van der Waals surface area contributed by atoms with Crippen molar-refractivity contribution in [3.05, 3.63) is 29.3 Å². The highest BCUT2D eigenvalue weighted by atomic mass is 16.2. The fraction of sp³-hybridized carbons (Fsp3) is 0.500. The lowest BCUT2D eigenvalue weighted by molar-refractivity contribution is 0.0797. The lowest BCUT2D eigenvalue weighted by Crippen LogP contribution is -2.32. The van der Waals surface area contributed by atoms with Gasteiger partial charge in [-0.25, -0.2) is 0 Å². The van der Waals surface area contributed by atoms with Gasteiger partial charge in [0.2, 0.25) is 0 Å². The molecule has 0 radical (unpaired) electrons. The van der Waals surface area contributed by atoms with Crippen LogP contribution in [0.15, 0.2) is 18.2 Å². The predicted octanol–water partition coefficient (Wildman–Crippen LogP) is 1.34. The molecule has 18 heavy (non-hydrogen) atoms. The van der Waals surface area contributed by atoms with Gasteiger partial charge in [-0.15, -0.1) is 0 Å². The van der Waals surface area contributed by atoms with Gasteiger partial charge >= 0.3 is 0 Å². The number of hydrogen-bond donors (Lipinski definition) is 2. The fourth-order valence-corrected chi connectivity index (χ4v) is 2.21. The smallest absolute Gasteiger partial charge is 0.253 e. The third kappa shape index (κ3) is 2.82. The summed E-state index contributed by atoms with van der Waals surface area (Å²) in [6, 6.07) is 5.96. The van der Waals surface area contributed by atoms with Gasteiger partial charge in [-0.05, 0) is 43.7 Å². The highest BCUT2D eigenvalue weighted by Crippen LogP contribution is 2.23. The van der Waals surface area contributed by atoms with Crippen molar-refractivity contribution in [3.8, 4) is 0 Å². The molecule has 0 saturated heterocycles. The van der Waals surface area contributed by atoms with Gasteiger partial charge in [0.15, 0.2) is 0 Å². The number of rotatable bonds is 4. The molecule has 0 saturated carbocycles. The molecule has 4 nitrogen and oxygen atoms in total. The minimum Gasteiger partial charge on any atom is -0.385 e. The van der Waals surface area contributed by atoms with Crippen molar-refractivity contribution in [1.82, 2.24) is 10.2 Å². The Morgan fingerprint density at radius 1 is 1.50 bits per heavy atom. The van der Waals surface area contributed by atoms with Gasteiger partial charge in [0.1, 0.15) is 0 Å². The Hall–Kier alpha value is -1.55. The summed E-state index contributed by atoms with van der Waals surface area (Å²) in [5, 5.41) is 6.41. The number of nitrogens with zero attached hydrogens (tertiary/aromatic N) is 1. The monoisotopic (exact) mass is 247 g/mol. The largest absolute Gasteiger partial charge is 0.385 e. The molecule has 0 aromatic heterocycles. The molecule has 0 bridgehead atoms. The first-order valence-electron chi connectivity index (χ1n) is 6.49. The first-order valence-corrected chi connectivity index (χ1v) is 6.49. The van der Waals surface area contributed by atoms with E-state index in [0.717, 1.165) is 38.0 Å². The maximum Gasteiger partial charge on any atom is 0.253 e. The number of fused-ring (bicyclic) bond motifs is 1. The van der Waals surface area contributed by atoms with Crippen LogP contribution >= 0.6 is 0 Å². The summed E-state index contributed by atoms with van der Waals surface area (Å²) in [6.07, 6.45) is 2.20. The van der Waals surface area contributed by atoms with Gasteiger partial charge in [-0.1, -0.05) is 0 Å². The van der Waals surface area contributed by atoms with Crippen LogP contribution in [0, 0.1) is 0 Å². The Labute approximate surface area is 108 Å². The summed E-state index contributed by atoms with van der Waals surface area (Å²) in [5.41, 5.74) is 3.22. The van der Waals surface area contributed by atoms with E-state index >= 15 is 0 Å². The second kappa shape index (κ2) is 5.87. The number of likely N-dealkylation sites (N-methyl/N-ethyl adjacent to an activating group) is 2. The highest BCUT2D eigenvalue weighted by Gasteiger charge is 2.15. The Kier molecular flexibility index (Phi) is 4.20. The van der Waals surface area contributed by atoms with Crippen LogP contribution in [0.2, 0.25) is 0 Å². The van der Waals surface area contributed by atoms with Gasteiger partial charge in [-0.2, -0.15) is 0 Å². The molecule has 1 aliphatic rings. The maximum absolute atomic E-state index is 12.2. The Bertz CT molecular complexity index is 431. The Morgan fingerprint density at radius 3 is 3.11 bits per heavy atom. The number of benzene rings is 1. The average Bonchev–Trinajstić information content (AvgIpc) is 2.43. The molecule has 2 N–H and O–H groups in total. The number of carbonyl (C=O) groups excluding carboxylic acids is 1. The quantitative estimate of drug-likeness (QED) is 0.844. The number of amides is 1. The molecule has 0 spiro atoms. The molecule has 1 aromatic carbocycles. The van der Waals surface area contributed by atoms with E-state index in [1.54, 1.807) is 4.90 Å². The lowest BCUT2D eigenvalue weighted by Gasteiger charge is -2.21. The zero-order chi connectivity index (χ0) is 13.0. The molecule has 98 valence electrons. The van der Waals surface area contributed by atoms with Crippen molar-refractivity contribution in [2.45, 2.75) is 12.8 Å². The predicted molar refractivity (Wildman–Crippen MR) is 74.1 cm³/mol. The van der Waals surface area contributed by atoms with Gasteiger partial charge in [-0.3, -0.25) is 4.79 Å². The van der Waals surface area contributed by atoms with Crippen LogP contribution in [-0.2, 0) is 6.42 Å². The van der Waals surface area contributed by atoms with E-state index in [1.165, 1.54) is 11.3 Å². The topological polar surface area (TPSA) is 44.4 Å². The fourth-order valence-electron chi connectivity index (χ4n) is 2.21. The molecule has 0 unspecified atom stereocenters. The standard InChI is InChI=1S/C14H21N3O/c1-15-8-9-17(2)14(18)12-5-6-13-11(10-12)4-3-7-16-13/h5-6,10,15-16H,3-4,7-9H2,1-2H3. The normalized spacial score (nSPS) is 13.7. The van der Waals surface area contributed by atoms with Gasteiger partial charge in [0, 0.05) is 37.9 Å². The average molecular weight is 247 g/mol. The van der Waals surface area contributed by atoms with Crippen LogP contribution < -0.4 is 10.6 Å². The molecule has 1 aromatic rings. The first kappa shape index (κ1) is 12.9. The molecule has 1 amide bonds. The van der Waals surface area contributed by atoms with E-state index in [-0.39, 0.29) is 5.91 Å². The lowest BCUT2D eigenvalue weighted by atomic mass is 10.0. The summed E-state index contributed by atoms with van der Waals surface area (Å²) in [4.78, 5) is 14.0. The second-order valence-corrected chi connectivity index (χ2v) is 4.73. The van der Waals surface area contributed by atoms with Crippen molar-refractivity contribution < 1.29 is 4.79 Å². The molecule has 4 heteroatoms. The van der Waals surface area contributed by atoms with Gasteiger partial charge in [0.05, 0.1) is 0 Å². The molecule has 1 heterocycles. The molecule has 1 aliphatic heterocycles. The zero-order valence-corrected chi connectivity index (χ0v) is 11.1. The van der Waals surface area contributed by atoms with E-state index < -0.39 is 0 Å². The molecular formula is C14H21N3O. The van der Waals surface area contributed by atoms with Crippen molar-refractivity contribution in [2.75, 3.05) is 39.0 Å². The van der Waals surface area contributed by atoms with E-state index in [1.807, 2.05) is 32.3 Å². The minimum atomic E-state index is 0.0959. The maximum atomic E-state index is 12.2. The first-order chi connectivity index (χ1) is 8.72. The van der Waals surface area contributed by atoms with Crippen LogP contribution in [0.25, 0.3) is 0 Å². The highest BCUT2D eigenvalue weighted by molar-refractivity contribution is 5.94. The summed E-state index contributed by atoms with van der Waals surface area (Å²) in [5.74, 6) is 0.0959. The summed E-state index contributed by atoms with van der Waals surface area (Å²) >= 11 is 0. The van der Waals surface area contributed by atoms with E-state index in [9.17, 15) is 4.79 Å². The Morgan fingerprint density at radius 2 is 2.33 bits per heavy atom. The van der Waals surface area contributed by atoms with Crippen LogP contribution in [0.3, 0.4) is 0 Å². The van der Waals surface area contributed by atoms with Gasteiger partial charge in [0.25, 0.3) is 5.91 Å². The molecule has 2 rings (SSSR count). The molecular weight excluding hydrogens is 226 g/mol. The van der Waals surface area contributed by atoms with Crippen molar-refractivity contribution in [1.29, 1.82) is 0 Å². The SMILES string of the molecule is CNCCN(C)C(=O)c1ccc2c(c1)CCCN2. The number of anilines is 1. The number of aryl methyl sites for hydroxylation is 1. The minimum absolute atomic E-state index is 0.0959. The number of hydrogen-bond acceptors (Lipinski definition) is 3. The van der Waals surface area contributed by atoms with Crippen LogP contribution in [0.5, 0.6) is 0 Å². The second-order valence-electron chi connectivity index (χ2n) is 4.73. The zero-order valence-electron chi connectivity index (χ0n) is 11.1. The summed E-state index contributed by atoms with van der Waals surface area (Å²) < 4.78 is 0. The van der Waals surface area contributed by atoms with Crippen molar-refractivity contribution >= 4 is 11.6 Å². The molecule has 0 fully saturated rings. The van der Waals surface area contributed by atoms with Crippen molar-refractivity contribution in [2.24, 2.45) is 0 Å². The van der Waals surface area contributed by atoms with Crippen molar-refractivity contribution in [3.63, 3.8) is 0 Å². The molecule has 0 atom stereocenters. The summed E-state index contributed by atoms with van der Waals surface area (Å²) in [7, 11) is 3.74. The third-order valence-corrected chi connectivity index (χ3v) is 3.33. The van der Waals surface area contributed by atoms with Crippen LogP contribution in [-0.4, -0.2) is 44.5 Å². The van der Waals surface area contributed by atoms with E-state index in [2.05, 4.69) is 10.6 Å². The third-order valence-electron chi connectivity index (χ3n) is 3.33. The van der Waals surface area contributed by atoms with Crippen LogP contribution in [0.4, 0.5) is 5.69 Å². The van der Waals surface area contributed by atoms with E-state index in [0.29, 0.717) is 0 Å². The number of nitrogens with one attached hydrogen (secondary N) is 2. The Balaban J connectivity index is 2.10. The van der Waals surface area contributed by atoms with Gasteiger partial charge < -0.3 is 15.5 Å². The van der Waals surface area contributed by atoms with Crippen LogP contribution in [0.1, 0.15) is 22.3 Å². The molecule has 0 aliphatic carbocycles. The summed E-state index contributed by atoms with van der Waals surface area (Å²) in [6.45, 7) is 2.57.